The summed E-state index contributed by atoms with van der Waals surface area (Å²) in [4.78, 5) is 10.5. The van der Waals surface area contributed by atoms with Crippen molar-refractivity contribution >= 4 is 17.3 Å². The Kier molecular flexibility index (Phi) is 4.02. The summed E-state index contributed by atoms with van der Waals surface area (Å²) >= 11 is 5.87. The third-order valence-corrected chi connectivity index (χ3v) is 2.83. The summed E-state index contributed by atoms with van der Waals surface area (Å²) in [7, 11) is 0. The standard InChI is InChI=1S/C14H12ClNO3/c1-10-5-6-13(16(17)18)14(7-10)19-9-11-3-2-4-12(15)8-11/h2-8H,9H2,1H3. The SMILES string of the molecule is Cc1ccc([N+](=O)[O-])c(OCc2cccc(Cl)c2)c1. The van der Waals surface area contributed by atoms with Gasteiger partial charge in [-0.15, -0.1) is 0 Å². The van der Waals surface area contributed by atoms with Gasteiger partial charge in [-0.2, -0.15) is 0 Å². The molecule has 0 atom stereocenters. The van der Waals surface area contributed by atoms with Crippen molar-refractivity contribution in [3.05, 3.63) is 68.7 Å². The zero-order valence-electron chi connectivity index (χ0n) is 10.3. The van der Waals surface area contributed by atoms with Gasteiger partial charge in [-0.1, -0.05) is 29.8 Å². The fraction of sp³-hybridized carbons (Fsp3) is 0.143. The van der Waals surface area contributed by atoms with Crippen molar-refractivity contribution in [1.82, 2.24) is 0 Å². The summed E-state index contributed by atoms with van der Waals surface area (Å²) in [6.45, 7) is 2.10. The lowest BCUT2D eigenvalue weighted by Crippen LogP contribution is -1.99. The first-order valence-electron chi connectivity index (χ1n) is 5.68. The third-order valence-electron chi connectivity index (χ3n) is 2.60. The van der Waals surface area contributed by atoms with E-state index in [4.69, 9.17) is 16.3 Å². The monoisotopic (exact) mass is 277 g/mol. The Morgan fingerprint density at radius 2 is 2.05 bits per heavy atom. The van der Waals surface area contributed by atoms with Crippen molar-refractivity contribution in [2.75, 3.05) is 0 Å². The third kappa shape index (κ3) is 3.45. The minimum absolute atomic E-state index is 0.0346. The molecule has 0 saturated heterocycles. The van der Waals surface area contributed by atoms with Crippen molar-refractivity contribution in [2.45, 2.75) is 13.5 Å². The number of hydrogen-bond donors (Lipinski definition) is 0. The van der Waals surface area contributed by atoms with Gasteiger partial charge in [-0.3, -0.25) is 10.1 Å². The van der Waals surface area contributed by atoms with Crippen LogP contribution in [0.15, 0.2) is 42.5 Å². The molecule has 0 heterocycles. The van der Waals surface area contributed by atoms with Gasteiger partial charge in [0.05, 0.1) is 4.92 Å². The maximum Gasteiger partial charge on any atom is 0.310 e. The lowest BCUT2D eigenvalue weighted by atomic mass is 10.2. The topological polar surface area (TPSA) is 52.4 Å². The molecule has 5 heteroatoms. The molecule has 0 aromatic heterocycles. The largest absolute Gasteiger partial charge is 0.482 e. The molecule has 0 aliphatic carbocycles. The van der Waals surface area contributed by atoms with E-state index in [9.17, 15) is 10.1 Å². The highest BCUT2D eigenvalue weighted by Gasteiger charge is 2.14. The van der Waals surface area contributed by atoms with Gasteiger partial charge < -0.3 is 4.74 Å². The van der Waals surface area contributed by atoms with E-state index in [0.29, 0.717) is 5.02 Å². The molecule has 0 aliphatic heterocycles. The van der Waals surface area contributed by atoms with Crippen LogP contribution in [0.3, 0.4) is 0 Å². The lowest BCUT2D eigenvalue weighted by molar-refractivity contribution is -0.386. The van der Waals surface area contributed by atoms with Gasteiger partial charge in [0, 0.05) is 11.1 Å². The molecule has 0 bridgehead atoms. The highest BCUT2D eigenvalue weighted by Crippen LogP contribution is 2.28. The van der Waals surface area contributed by atoms with Crippen LogP contribution in [0.25, 0.3) is 0 Å². The number of nitro groups is 1. The van der Waals surface area contributed by atoms with E-state index in [1.165, 1.54) is 6.07 Å². The van der Waals surface area contributed by atoms with Crippen LogP contribution in [0, 0.1) is 17.0 Å². The van der Waals surface area contributed by atoms with Crippen molar-refractivity contribution in [3.8, 4) is 5.75 Å². The van der Waals surface area contributed by atoms with Gasteiger partial charge in [-0.25, -0.2) is 0 Å². The quantitative estimate of drug-likeness (QED) is 0.623. The summed E-state index contributed by atoms with van der Waals surface area (Å²) in [5, 5.41) is 11.5. The second-order valence-electron chi connectivity index (χ2n) is 4.15. The van der Waals surface area contributed by atoms with E-state index < -0.39 is 4.92 Å². The molecular weight excluding hydrogens is 266 g/mol. The molecule has 0 radical (unpaired) electrons. The minimum Gasteiger partial charge on any atom is -0.482 e. The Labute approximate surface area is 115 Å². The predicted octanol–water partition coefficient (Wildman–Crippen LogP) is 4.14. The van der Waals surface area contributed by atoms with Crippen molar-refractivity contribution < 1.29 is 9.66 Å². The average molecular weight is 278 g/mol. The van der Waals surface area contributed by atoms with Crippen molar-refractivity contribution in [1.29, 1.82) is 0 Å². The van der Waals surface area contributed by atoms with Gasteiger partial charge in [0.1, 0.15) is 6.61 Å². The molecule has 2 rings (SSSR count). The van der Waals surface area contributed by atoms with Crippen molar-refractivity contribution in [3.63, 3.8) is 0 Å². The van der Waals surface area contributed by atoms with E-state index in [2.05, 4.69) is 0 Å². The fourth-order valence-electron chi connectivity index (χ4n) is 1.68. The fourth-order valence-corrected chi connectivity index (χ4v) is 1.89. The molecule has 0 aliphatic rings. The highest BCUT2D eigenvalue weighted by molar-refractivity contribution is 6.30. The van der Waals surface area contributed by atoms with E-state index in [0.717, 1.165) is 11.1 Å². The second-order valence-corrected chi connectivity index (χ2v) is 4.58. The second kappa shape index (κ2) is 5.71. The van der Waals surface area contributed by atoms with Gasteiger partial charge in [-0.05, 0) is 36.2 Å². The van der Waals surface area contributed by atoms with Gasteiger partial charge in [0.15, 0.2) is 5.75 Å². The first kappa shape index (κ1) is 13.4. The maximum absolute atomic E-state index is 10.9. The molecule has 0 spiro atoms. The van der Waals surface area contributed by atoms with Crippen LogP contribution in [0.1, 0.15) is 11.1 Å². The summed E-state index contributed by atoms with van der Waals surface area (Å²) in [6, 6.07) is 12.0. The first-order valence-corrected chi connectivity index (χ1v) is 6.06. The molecule has 19 heavy (non-hydrogen) atoms. The van der Waals surface area contributed by atoms with Crippen molar-refractivity contribution in [2.24, 2.45) is 0 Å². The number of nitrogens with zero attached hydrogens (tertiary/aromatic N) is 1. The van der Waals surface area contributed by atoms with Gasteiger partial charge >= 0.3 is 5.69 Å². The molecule has 2 aromatic carbocycles. The van der Waals surface area contributed by atoms with E-state index in [1.54, 1.807) is 24.3 Å². The molecule has 0 N–H and O–H groups in total. The Balaban J connectivity index is 2.19. The molecule has 98 valence electrons. The normalized spacial score (nSPS) is 10.2. The lowest BCUT2D eigenvalue weighted by Gasteiger charge is -2.08. The number of hydrogen-bond acceptors (Lipinski definition) is 3. The van der Waals surface area contributed by atoms with Gasteiger partial charge in [0.25, 0.3) is 0 Å². The number of halogens is 1. The van der Waals surface area contributed by atoms with Crippen LogP contribution >= 0.6 is 11.6 Å². The Morgan fingerprint density at radius 3 is 2.74 bits per heavy atom. The summed E-state index contributed by atoms with van der Waals surface area (Å²) in [5.74, 6) is 0.268. The summed E-state index contributed by atoms with van der Waals surface area (Å²) in [6.07, 6.45) is 0. The molecule has 4 nitrogen and oxygen atoms in total. The van der Waals surface area contributed by atoms with Gasteiger partial charge in [0.2, 0.25) is 0 Å². The average Bonchev–Trinajstić information content (AvgIpc) is 2.36. The zero-order valence-corrected chi connectivity index (χ0v) is 11.1. The predicted molar refractivity (Wildman–Crippen MR) is 73.6 cm³/mol. The number of ether oxygens (including phenoxy) is 1. The van der Waals surface area contributed by atoms with E-state index >= 15 is 0 Å². The Bertz CT molecular complexity index is 613. The first-order chi connectivity index (χ1) is 9.06. The highest BCUT2D eigenvalue weighted by atomic mass is 35.5. The van der Waals surface area contributed by atoms with Crippen LogP contribution in [0.2, 0.25) is 5.02 Å². The minimum atomic E-state index is -0.452. The molecule has 0 saturated carbocycles. The van der Waals surface area contributed by atoms with Crippen LogP contribution < -0.4 is 4.74 Å². The Hall–Kier alpha value is -2.07. The van der Waals surface area contributed by atoms with Crippen LogP contribution in [-0.4, -0.2) is 4.92 Å². The summed E-state index contributed by atoms with van der Waals surface area (Å²) in [5.41, 5.74) is 1.74. The molecule has 2 aromatic rings. The molecular formula is C14H12ClNO3. The molecule has 0 unspecified atom stereocenters. The molecule has 0 amide bonds. The van der Waals surface area contributed by atoms with Crippen LogP contribution in [0.4, 0.5) is 5.69 Å². The Morgan fingerprint density at radius 1 is 1.26 bits per heavy atom. The maximum atomic E-state index is 10.9. The number of benzene rings is 2. The number of nitro benzene ring substituents is 1. The number of aryl methyl sites for hydroxylation is 1. The number of rotatable bonds is 4. The summed E-state index contributed by atoms with van der Waals surface area (Å²) < 4.78 is 5.52. The van der Waals surface area contributed by atoms with Crippen LogP contribution in [-0.2, 0) is 6.61 Å². The smallest absolute Gasteiger partial charge is 0.310 e. The molecule has 0 fully saturated rings. The zero-order chi connectivity index (χ0) is 13.8. The van der Waals surface area contributed by atoms with E-state index in [1.807, 2.05) is 19.1 Å². The van der Waals surface area contributed by atoms with E-state index in [-0.39, 0.29) is 18.0 Å². The van der Waals surface area contributed by atoms with Crippen LogP contribution in [0.5, 0.6) is 5.75 Å².